The number of halogens is 2. The number of carbonyl (C=O) groups excluding carboxylic acids is 1. The van der Waals surface area contributed by atoms with Gasteiger partial charge >= 0.3 is 0 Å². The summed E-state index contributed by atoms with van der Waals surface area (Å²) in [5.74, 6) is -0.721. The van der Waals surface area contributed by atoms with Crippen molar-refractivity contribution in [3.05, 3.63) is 83.1 Å². The molecule has 0 aliphatic carbocycles. The summed E-state index contributed by atoms with van der Waals surface area (Å²) in [4.78, 5) is 12.3. The highest BCUT2D eigenvalue weighted by Gasteiger charge is 2.15. The van der Waals surface area contributed by atoms with Gasteiger partial charge in [-0.05, 0) is 79.7 Å². The third-order valence-electron chi connectivity index (χ3n) is 4.15. The van der Waals surface area contributed by atoms with Crippen LogP contribution < -0.4 is 15.4 Å². The Morgan fingerprint density at radius 2 is 1.40 bits per heavy atom. The number of benzene rings is 3. The third-order valence-corrected chi connectivity index (χ3v) is 6.08. The molecule has 6 nitrogen and oxygen atoms in total. The van der Waals surface area contributed by atoms with Crippen molar-refractivity contribution in [3.63, 3.8) is 0 Å². The Morgan fingerprint density at radius 1 is 0.867 bits per heavy atom. The van der Waals surface area contributed by atoms with Crippen LogP contribution in [-0.4, -0.2) is 20.4 Å². The van der Waals surface area contributed by atoms with Crippen molar-refractivity contribution in [1.29, 1.82) is 0 Å². The summed E-state index contributed by atoms with van der Waals surface area (Å²) in [5.41, 5.74) is 1.68. The van der Waals surface area contributed by atoms with E-state index in [1.165, 1.54) is 12.1 Å². The number of hydrogen-bond donors (Lipinski definition) is 3. The first-order valence-corrected chi connectivity index (χ1v) is 11.2. The van der Waals surface area contributed by atoms with Crippen LogP contribution in [0.5, 0.6) is 0 Å². The van der Waals surface area contributed by atoms with Crippen LogP contribution in [0.3, 0.4) is 0 Å². The van der Waals surface area contributed by atoms with Gasteiger partial charge in [-0.15, -0.1) is 0 Å². The Labute approximate surface area is 182 Å². The quantitative estimate of drug-likeness (QED) is 0.441. The number of anilines is 3. The Hall–Kier alpha value is -2.91. The molecule has 3 aromatic rings. The van der Waals surface area contributed by atoms with E-state index in [0.29, 0.717) is 17.1 Å². The van der Waals surface area contributed by atoms with E-state index in [1.807, 2.05) is 12.1 Å². The molecule has 0 fully saturated rings. The van der Waals surface area contributed by atoms with E-state index in [9.17, 15) is 17.6 Å². The summed E-state index contributed by atoms with van der Waals surface area (Å²) in [6, 6.07) is 17.7. The van der Waals surface area contributed by atoms with Crippen LogP contribution in [-0.2, 0) is 14.8 Å². The molecule has 9 heteroatoms. The molecule has 0 heterocycles. The second kappa shape index (κ2) is 9.27. The van der Waals surface area contributed by atoms with Crippen molar-refractivity contribution in [2.75, 3.05) is 15.4 Å². The molecule has 0 spiro atoms. The highest BCUT2D eigenvalue weighted by molar-refractivity contribution is 9.10. The number of amides is 1. The first-order valence-electron chi connectivity index (χ1n) is 8.94. The van der Waals surface area contributed by atoms with Gasteiger partial charge in [0.2, 0.25) is 5.91 Å². The topological polar surface area (TPSA) is 87.3 Å². The lowest BCUT2D eigenvalue weighted by Gasteiger charge is -2.16. The Bertz CT molecular complexity index is 1120. The standard InChI is InChI=1S/C21H19BrFN3O3S/c1-14(21(27)25-18-6-2-15(22)3-7-18)24-17-8-10-19(11-9-17)26-30(28,29)20-12-4-16(23)5-13-20/h2-14,24,26H,1H3,(H,25,27). The van der Waals surface area contributed by atoms with Gasteiger partial charge in [0.15, 0.2) is 0 Å². The van der Waals surface area contributed by atoms with Crippen LogP contribution >= 0.6 is 15.9 Å². The monoisotopic (exact) mass is 491 g/mol. The van der Waals surface area contributed by atoms with Crippen molar-refractivity contribution in [2.45, 2.75) is 17.9 Å². The molecule has 3 N–H and O–H groups in total. The summed E-state index contributed by atoms with van der Waals surface area (Å²) in [7, 11) is -3.82. The summed E-state index contributed by atoms with van der Waals surface area (Å²) >= 11 is 3.34. The highest BCUT2D eigenvalue weighted by atomic mass is 79.9. The zero-order valence-electron chi connectivity index (χ0n) is 15.9. The second-order valence-electron chi connectivity index (χ2n) is 6.50. The first kappa shape index (κ1) is 21.8. The van der Waals surface area contributed by atoms with E-state index in [1.54, 1.807) is 43.3 Å². The summed E-state index contributed by atoms with van der Waals surface area (Å²) in [5, 5.41) is 5.87. The number of rotatable bonds is 7. The normalized spacial score (nSPS) is 12.1. The van der Waals surface area contributed by atoms with E-state index in [4.69, 9.17) is 0 Å². The Balaban J connectivity index is 1.60. The molecular weight excluding hydrogens is 473 g/mol. The average Bonchev–Trinajstić information content (AvgIpc) is 2.71. The zero-order valence-corrected chi connectivity index (χ0v) is 18.3. The number of sulfonamides is 1. The maximum atomic E-state index is 13.0. The molecule has 3 aromatic carbocycles. The van der Waals surface area contributed by atoms with Crippen molar-refractivity contribution < 1.29 is 17.6 Å². The molecular formula is C21H19BrFN3O3S. The molecule has 30 heavy (non-hydrogen) atoms. The van der Waals surface area contributed by atoms with Gasteiger partial charge in [-0.3, -0.25) is 9.52 Å². The molecule has 1 atom stereocenters. The molecule has 0 aliphatic rings. The number of hydrogen-bond acceptors (Lipinski definition) is 4. The van der Waals surface area contributed by atoms with Crippen LogP contribution in [0.4, 0.5) is 21.5 Å². The van der Waals surface area contributed by atoms with Gasteiger partial charge in [0.25, 0.3) is 10.0 Å². The van der Waals surface area contributed by atoms with E-state index in [2.05, 4.69) is 31.3 Å². The van der Waals surface area contributed by atoms with Crippen molar-refractivity contribution >= 4 is 48.9 Å². The predicted molar refractivity (Wildman–Crippen MR) is 120 cm³/mol. The van der Waals surface area contributed by atoms with Gasteiger partial charge in [0.1, 0.15) is 11.9 Å². The van der Waals surface area contributed by atoms with E-state index >= 15 is 0 Å². The Morgan fingerprint density at radius 3 is 2.00 bits per heavy atom. The van der Waals surface area contributed by atoms with Crippen LogP contribution in [0, 0.1) is 5.82 Å². The van der Waals surface area contributed by atoms with Gasteiger partial charge in [-0.2, -0.15) is 0 Å². The van der Waals surface area contributed by atoms with Crippen molar-refractivity contribution in [3.8, 4) is 0 Å². The molecule has 1 amide bonds. The lowest BCUT2D eigenvalue weighted by molar-refractivity contribution is -0.116. The molecule has 0 bridgehead atoms. The maximum Gasteiger partial charge on any atom is 0.261 e. The van der Waals surface area contributed by atoms with Gasteiger partial charge in [-0.25, -0.2) is 12.8 Å². The van der Waals surface area contributed by atoms with Gasteiger partial charge in [0, 0.05) is 21.5 Å². The minimum absolute atomic E-state index is 0.0377. The van der Waals surface area contributed by atoms with E-state index < -0.39 is 21.9 Å². The lowest BCUT2D eigenvalue weighted by Crippen LogP contribution is -2.31. The molecule has 0 aliphatic heterocycles. The van der Waals surface area contributed by atoms with Gasteiger partial charge in [0.05, 0.1) is 4.90 Å². The first-order chi connectivity index (χ1) is 14.2. The average molecular weight is 492 g/mol. The van der Waals surface area contributed by atoms with Crippen molar-refractivity contribution in [1.82, 2.24) is 0 Å². The SMILES string of the molecule is CC(Nc1ccc(NS(=O)(=O)c2ccc(F)cc2)cc1)C(=O)Nc1ccc(Br)cc1. The van der Waals surface area contributed by atoms with E-state index in [0.717, 1.165) is 16.6 Å². The lowest BCUT2D eigenvalue weighted by atomic mass is 10.2. The molecule has 0 aromatic heterocycles. The van der Waals surface area contributed by atoms with Crippen LogP contribution in [0.15, 0.2) is 82.2 Å². The summed E-state index contributed by atoms with van der Waals surface area (Å²) in [6.07, 6.45) is 0. The fourth-order valence-electron chi connectivity index (χ4n) is 2.56. The van der Waals surface area contributed by atoms with Crippen LogP contribution in [0.2, 0.25) is 0 Å². The minimum Gasteiger partial charge on any atom is -0.374 e. The largest absolute Gasteiger partial charge is 0.374 e. The number of carbonyl (C=O) groups is 1. The molecule has 156 valence electrons. The van der Waals surface area contributed by atoms with E-state index in [-0.39, 0.29) is 10.8 Å². The smallest absolute Gasteiger partial charge is 0.261 e. The third kappa shape index (κ3) is 5.80. The molecule has 0 saturated heterocycles. The predicted octanol–water partition coefficient (Wildman–Crippen LogP) is 4.83. The zero-order chi connectivity index (χ0) is 21.7. The fourth-order valence-corrected chi connectivity index (χ4v) is 3.88. The van der Waals surface area contributed by atoms with Crippen LogP contribution in [0.1, 0.15) is 6.92 Å². The number of nitrogens with one attached hydrogen (secondary N) is 3. The second-order valence-corrected chi connectivity index (χ2v) is 9.10. The van der Waals surface area contributed by atoms with Crippen LogP contribution in [0.25, 0.3) is 0 Å². The Kier molecular flexibility index (Phi) is 6.73. The molecule has 0 saturated carbocycles. The molecule has 0 radical (unpaired) electrons. The summed E-state index contributed by atoms with van der Waals surface area (Å²) < 4.78 is 41.1. The maximum absolute atomic E-state index is 13.0. The van der Waals surface area contributed by atoms with Gasteiger partial charge < -0.3 is 10.6 Å². The fraction of sp³-hybridized carbons (Fsp3) is 0.0952. The van der Waals surface area contributed by atoms with Gasteiger partial charge in [-0.1, -0.05) is 15.9 Å². The molecule has 1 unspecified atom stereocenters. The highest BCUT2D eigenvalue weighted by Crippen LogP contribution is 2.20. The van der Waals surface area contributed by atoms with Crippen molar-refractivity contribution in [2.24, 2.45) is 0 Å². The summed E-state index contributed by atoms with van der Waals surface area (Å²) in [6.45, 7) is 1.72. The minimum atomic E-state index is -3.82. The molecule has 3 rings (SSSR count).